The maximum Gasteiger partial charge on any atom is 0.209 e. The highest BCUT2D eigenvalue weighted by molar-refractivity contribution is 9.10. The molecule has 1 heterocycles. The highest BCUT2D eigenvalue weighted by atomic mass is 79.9. The molecule has 2 nitrogen and oxygen atoms in total. The lowest BCUT2D eigenvalue weighted by Crippen LogP contribution is -1.81. The number of aromatic nitrogens is 1. The van der Waals surface area contributed by atoms with Crippen molar-refractivity contribution in [1.29, 1.82) is 0 Å². The molecule has 15 heavy (non-hydrogen) atoms. The topological polar surface area (TPSA) is 26.0 Å². The highest BCUT2D eigenvalue weighted by Crippen LogP contribution is 2.30. The summed E-state index contributed by atoms with van der Waals surface area (Å²) in [6, 6.07) is 4.72. The van der Waals surface area contributed by atoms with Gasteiger partial charge < -0.3 is 4.42 Å². The van der Waals surface area contributed by atoms with Gasteiger partial charge in [0.15, 0.2) is 5.76 Å². The molecule has 0 saturated heterocycles. The average Bonchev–Trinajstić information content (AvgIpc) is 2.70. The highest BCUT2D eigenvalue weighted by Gasteiger charge is 2.11. The molecule has 0 aliphatic rings. The Morgan fingerprint density at radius 1 is 1.47 bits per heavy atom. The number of hydrogen-bond donors (Lipinski definition) is 0. The third kappa shape index (κ3) is 2.06. The van der Waals surface area contributed by atoms with E-state index in [-0.39, 0.29) is 11.7 Å². The van der Waals surface area contributed by atoms with Crippen molar-refractivity contribution in [3.63, 3.8) is 0 Å². The van der Waals surface area contributed by atoms with E-state index in [4.69, 9.17) is 16.0 Å². The van der Waals surface area contributed by atoms with E-state index in [1.807, 2.05) is 0 Å². The van der Waals surface area contributed by atoms with Gasteiger partial charge in [0.2, 0.25) is 5.89 Å². The van der Waals surface area contributed by atoms with Gasteiger partial charge in [-0.1, -0.05) is 6.07 Å². The van der Waals surface area contributed by atoms with Crippen LogP contribution in [0.5, 0.6) is 0 Å². The van der Waals surface area contributed by atoms with Crippen LogP contribution in [0.1, 0.15) is 5.89 Å². The molecule has 1 aromatic carbocycles. The monoisotopic (exact) mass is 289 g/mol. The van der Waals surface area contributed by atoms with Crippen LogP contribution in [0.4, 0.5) is 4.39 Å². The first-order valence-electron chi connectivity index (χ1n) is 4.17. The van der Waals surface area contributed by atoms with Gasteiger partial charge in [-0.15, -0.1) is 11.6 Å². The van der Waals surface area contributed by atoms with Crippen molar-refractivity contribution in [2.45, 2.75) is 5.88 Å². The lowest BCUT2D eigenvalue weighted by atomic mass is 10.2. The van der Waals surface area contributed by atoms with Crippen LogP contribution in [-0.2, 0) is 5.88 Å². The molecule has 2 aromatic rings. The molecule has 1 aromatic heterocycles. The number of alkyl halides is 1. The molecule has 0 unspecified atom stereocenters. The molecule has 0 atom stereocenters. The Balaban J connectivity index is 2.49. The van der Waals surface area contributed by atoms with Gasteiger partial charge in [-0.25, -0.2) is 9.37 Å². The van der Waals surface area contributed by atoms with Gasteiger partial charge in [0.25, 0.3) is 0 Å². The molecule has 0 amide bonds. The molecule has 0 spiro atoms. The summed E-state index contributed by atoms with van der Waals surface area (Å²) in [5.41, 5.74) is 0.624. The lowest BCUT2D eigenvalue weighted by molar-refractivity contribution is 0.527. The minimum atomic E-state index is -0.337. The van der Waals surface area contributed by atoms with Crippen molar-refractivity contribution >= 4 is 27.5 Å². The van der Waals surface area contributed by atoms with E-state index in [0.717, 1.165) is 0 Å². The van der Waals surface area contributed by atoms with Crippen molar-refractivity contribution in [3.8, 4) is 11.3 Å². The molecule has 0 fully saturated rings. The molecule has 0 aliphatic carbocycles. The Morgan fingerprint density at radius 3 is 2.93 bits per heavy atom. The van der Waals surface area contributed by atoms with Gasteiger partial charge in [-0.3, -0.25) is 0 Å². The molecule has 0 radical (unpaired) electrons. The number of halogens is 3. The second-order valence-electron chi connectivity index (χ2n) is 2.85. The lowest BCUT2D eigenvalue weighted by Gasteiger charge is -2.00. The van der Waals surface area contributed by atoms with Gasteiger partial charge in [0.05, 0.1) is 16.5 Å². The van der Waals surface area contributed by atoms with Crippen LogP contribution in [0, 0.1) is 5.82 Å². The first kappa shape index (κ1) is 10.6. The van der Waals surface area contributed by atoms with Gasteiger partial charge in [-0.05, 0) is 28.1 Å². The van der Waals surface area contributed by atoms with E-state index in [9.17, 15) is 4.39 Å². The van der Waals surface area contributed by atoms with Crippen LogP contribution >= 0.6 is 27.5 Å². The zero-order chi connectivity index (χ0) is 10.8. The fourth-order valence-electron chi connectivity index (χ4n) is 1.19. The zero-order valence-corrected chi connectivity index (χ0v) is 9.85. The molecule has 0 aliphatic heterocycles. The predicted molar refractivity (Wildman–Crippen MR) is 59.2 cm³/mol. The summed E-state index contributed by atoms with van der Waals surface area (Å²) in [4.78, 5) is 3.94. The predicted octanol–water partition coefficient (Wildman–Crippen LogP) is 3.98. The van der Waals surface area contributed by atoms with Crippen LogP contribution < -0.4 is 0 Å². The zero-order valence-electron chi connectivity index (χ0n) is 7.51. The van der Waals surface area contributed by atoms with Crippen LogP contribution in [0.15, 0.2) is 33.3 Å². The van der Waals surface area contributed by atoms with Crippen LogP contribution in [0.25, 0.3) is 11.3 Å². The Labute approximate surface area is 99.2 Å². The van der Waals surface area contributed by atoms with Gasteiger partial charge >= 0.3 is 0 Å². The van der Waals surface area contributed by atoms with E-state index in [1.54, 1.807) is 12.1 Å². The fourth-order valence-corrected chi connectivity index (χ4v) is 1.77. The molecule has 0 N–H and O–H groups in total. The second kappa shape index (κ2) is 4.33. The van der Waals surface area contributed by atoms with E-state index in [0.29, 0.717) is 21.7 Å². The van der Waals surface area contributed by atoms with E-state index < -0.39 is 0 Å². The summed E-state index contributed by atoms with van der Waals surface area (Å²) in [7, 11) is 0. The standard InChI is InChI=1S/C10H6BrClFNO/c11-10-6(2-1-3-7(10)13)8-5-14-9(4-12)15-8/h1-3,5H,4H2. The largest absolute Gasteiger partial charge is 0.439 e. The van der Waals surface area contributed by atoms with Crippen molar-refractivity contribution < 1.29 is 8.81 Å². The van der Waals surface area contributed by atoms with E-state index in [1.165, 1.54) is 12.3 Å². The van der Waals surface area contributed by atoms with Gasteiger partial charge in [0.1, 0.15) is 5.82 Å². The number of nitrogens with zero attached hydrogens (tertiary/aromatic N) is 1. The molecule has 5 heteroatoms. The Hall–Kier alpha value is -0.870. The first-order chi connectivity index (χ1) is 7.22. The van der Waals surface area contributed by atoms with Crippen molar-refractivity contribution in [2.24, 2.45) is 0 Å². The summed E-state index contributed by atoms with van der Waals surface area (Å²) in [6.07, 6.45) is 1.53. The number of rotatable bonds is 2. The van der Waals surface area contributed by atoms with Crippen LogP contribution in [0.2, 0.25) is 0 Å². The molecular weight excluding hydrogens is 284 g/mol. The Kier molecular flexibility index (Phi) is 3.07. The molecular formula is C10H6BrClFNO. The van der Waals surface area contributed by atoms with Crippen molar-refractivity contribution in [2.75, 3.05) is 0 Å². The molecule has 0 bridgehead atoms. The summed E-state index contributed by atoms with van der Waals surface area (Å²) in [5.74, 6) is 0.781. The van der Waals surface area contributed by atoms with Gasteiger partial charge in [-0.2, -0.15) is 0 Å². The normalized spacial score (nSPS) is 10.6. The summed E-state index contributed by atoms with van der Waals surface area (Å²) in [5, 5.41) is 0. The number of benzene rings is 1. The van der Waals surface area contributed by atoms with Crippen LogP contribution in [-0.4, -0.2) is 4.98 Å². The Bertz CT molecular complexity index is 486. The third-order valence-corrected chi connectivity index (χ3v) is 2.92. The maximum absolute atomic E-state index is 13.2. The minimum absolute atomic E-state index is 0.201. The fraction of sp³-hybridized carbons (Fsp3) is 0.100. The quantitative estimate of drug-likeness (QED) is 0.782. The van der Waals surface area contributed by atoms with Crippen molar-refractivity contribution in [1.82, 2.24) is 4.98 Å². The molecule has 2 rings (SSSR count). The molecule has 78 valence electrons. The smallest absolute Gasteiger partial charge is 0.209 e. The van der Waals surface area contributed by atoms with E-state index in [2.05, 4.69) is 20.9 Å². The van der Waals surface area contributed by atoms with Crippen LogP contribution in [0.3, 0.4) is 0 Å². The maximum atomic E-state index is 13.2. The number of hydrogen-bond acceptors (Lipinski definition) is 2. The number of oxazole rings is 1. The minimum Gasteiger partial charge on any atom is -0.439 e. The first-order valence-corrected chi connectivity index (χ1v) is 5.50. The Morgan fingerprint density at radius 2 is 2.27 bits per heavy atom. The SMILES string of the molecule is Fc1cccc(-c2cnc(CCl)o2)c1Br. The van der Waals surface area contributed by atoms with Gasteiger partial charge in [0, 0.05) is 5.56 Å². The second-order valence-corrected chi connectivity index (χ2v) is 3.91. The summed E-state index contributed by atoms with van der Waals surface area (Å²) >= 11 is 8.71. The average molecular weight is 291 g/mol. The summed E-state index contributed by atoms with van der Waals surface area (Å²) in [6.45, 7) is 0. The van der Waals surface area contributed by atoms with Crippen molar-refractivity contribution in [3.05, 3.63) is 40.6 Å². The van der Waals surface area contributed by atoms with E-state index >= 15 is 0 Å². The third-order valence-electron chi connectivity index (χ3n) is 1.88. The summed E-state index contributed by atoms with van der Waals surface area (Å²) < 4.78 is 18.9. The molecule has 0 saturated carbocycles.